The number of carbonyl (C=O) groups excluding carboxylic acids is 1. The summed E-state index contributed by atoms with van der Waals surface area (Å²) in [7, 11) is -3.36. The molecule has 2 aromatic rings. The number of hydrogen-bond donors (Lipinski definition) is 1. The molecule has 2 heterocycles. The normalized spacial score (nSPS) is 16.9. The van der Waals surface area contributed by atoms with Gasteiger partial charge in [-0.15, -0.1) is 0 Å². The fourth-order valence-electron chi connectivity index (χ4n) is 3.67. The molecule has 1 aliphatic rings. The maximum Gasteiger partial charge on any atom is 0.252 e. The summed E-state index contributed by atoms with van der Waals surface area (Å²) in [6.45, 7) is 2.07. The molecule has 162 valence electrons. The van der Waals surface area contributed by atoms with Crippen molar-refractivity contribution >= 4 is 31.9 Å². The first-order valence-corrected chi connectivity index (χ1v) is 11.9. The third-order valence-electron chi connectivity index (χ3n) is 5.46. The van der Waals surface area contributed by atoms with E-state index in [4.69, 9.17) is 0 Å². The SMILES string of the molecule is CCS(=O)(=O)N1CCC(CNC(=O)c2ccc(F)cc2Br)(c2ncccc2F)CC1. The van der Waals surface area contributed by atoms with Gasteiger partial charge in [-0.3, -0.25) is 9.78 Å². The summed E-state index contributed by atoms with van der Waals surface area (Å²) in [5.74, 6) is -1.43. The van der Waals surface area contributed by atoms with Gasteiger partial charge in [-0.25, -0.2) is 21.5 Å². The second-order valence-electron chi connectivity index (χ2n) is 7.22. The van der Waals surface area contributed by atoms with Gasteiger partial charge in [-0.05, 0) is 66.0 Å². The van der Waals surface area contributed by atoms with E-state index in [1.807, 2.05) is 0 Å². The van der Waals surface area contributed by atoms with Gasteiger partial charge >= 0.3 is 0 Å². The van der Waals surface area contributed by atoms with Crippen molar-refractivity contribution in [1.82, 2.24) is 14.6 Å². The van der Waals surface area contributed by atoms with Crippen LogP contribution in [-0.4, -0.2) is 49.0 Å². The van der Waals surface area contributed by atoms with E-state index in [-0.39, 0.29) is 36.6 Å². The summed E-state index contributed by atoms with van der Waals surface area (Å²) in [6.07, 6.45) is 2.10. The predicted molar refractivity (Wildman–Crippen MR) is 113 cm³/mol. The summed E-state index contributed by atoms with van der Waals surface area (Å²) >= 11 is 3.17. The van der Waals surface area contributed by atoms with Crippen LogP contribution >= 0.6 is 15.9 Å². The van der Waals surface area contributed by atoms with Crippen LogP contribution < -0.4 is 5.32 Å². The Hall–Kier alpha value is -1.91. The lowest BCUT2D eigenvalue weighted by Gasteiger charge is -2.41. The molecule has 0 radical (unpaired) electrons. The highest BCUT2D eigenvalue weighted by molar-refractivity contribution is 9.10. The van der Waals surface area contributed by atoms with Crippen LogP contribution in [0.25, 0.3) is 0 Å². The summed E-state index contributed by atoms with van der Waals surface area (Å²) in [4.78, 5) is 16.9. The van der Waals surface area contributed by atoms with E-state index >= 15 is 0 Å². The Morgan fingerprint density at radius 1 is 1.27 bits per heavy atom. The highest BCUT2D eigenvalue weighted by atomic mass is 79.9. The fourth-order valence-corrected chi connectivity index (χ4v) is 5.30. The molecule has 0 aliphatic carbocycles. The molecular weight excluding hydrogens is 480 g/mol. The van der Waals surface area contributed by atoms with Crippen molar-refractivity contribution in [2.24, 2.45) is 0 Å². The van der Waals surface area contributed by atoms with E-state index in [9.17, 15) is 22.0 Å². The number of benzene rings is 1. The molecule has 1 aliphatic heterocycles. The number of halogens is 3. The lowest BCUT2D eigenvalue weighted by Crippen LogP contribution is -2.51. The van der Waals surface area contributed by atoms with E-state index in [1.54, 1.807) is 6.92 Å². The van der Waals surface area contributed by atoms with E-state index in [2.05, 4.69) is 26.2 Å². The largest absolute Gasteiger partial charge is 0.351 e. The summed E-state index contributed by atoms with van der Waals surface area (Å²) in [5.41, 5.74) is -0.399. The van der Waals surface area contributed by atoms with Crippen molar-refractivity contribution in [3.8, 4) is 0 Å². The zero-order valence-electron chi connectivity index (χ0n) is 16.4. The van der Waals surface area contributed by atoms with Crippen molar-refractivity contribution in [2.45, 2.75) is 25.2 Å². The minimum Gasteiger partial charge on any atom is -0.351 e. The predicted octanol–water partition coefficient (Wildman–Crippen LogP) is 3.24. The van der Waals surface area contributed by atoms with Crippen LogP contribution in [-0.2, 0) is 15.4 Å². The first-order valence-electron chi connectivity index (χ1n) is 9.50. The lowest BCUT2D eigenvalue weighted by molar-refractivity contribution is 0.0930. The van der Waals surface area contributed by atoms with Gasteiger partial charge in [0.2, 0.25) is 10.0 Å². The number of sulfonamides is 1. The number of pyridine rings is 1. The molecule has 0 unspecified atom stereocenters. The van der Waals surface area contributed by atoms with Crippen molar-refractivity contribution in [1.29, 1.82) is 0 Å². The van der Waals surface area contributed by atoms with E-state index in [0.717, 1.165) is 0 Å². The first-order chi connectivity index (χ1) is 14.2. The molecule has 1 fully saturated rings. The number of nitrogens with zero attached hydrogens (tertiary/aromatic N) is 2. The molecule has 30 heavy (non-hydrogen) atoms. The van der Waals surface area contributed by atoms with Crippen LogP contribution in [0.3, 0.4) is 0 Å². The molecule has 0 atom stereocenters. The van der Waals surface area contributed by atoms with Gasteiger partial charge in [-0.1, -0.05) is 0 Å². The number of hydrogen-bond acceptors (Lipinski definition) is 4. The van der Waals surface area contributed by atoms with Crippen molar-refractivity contribution in [2.75, 3.05) is 25.4 Å². The molecule has 0 bridgehead atoms. The van der Waals surface area contributed by atoms with Gasteiger partial charge in [0.05, 0.1) is 17.0 Å². The second-order valence-corrected chi connectivity index (χ2v) is 10.3. The minimum atomic E-state index is -3.36. The standard InChI is InChI=1S/C20H22BrF2N3O3S/c1-2-30(28,29)26-10-7-20(8-11-26,18-17(23)4-3-9-24-18)13-25-19(27)15-6-5-14(22)12-16(15)21/h3-6,9,12H,2,7-8,10-11,13H2,1H3,(H,25,27). The summed E-state index contributed by atoms with van der Waals surface area (Å²) < 4.78 is 54.1. The highest BCUT2D eigenvalue weighted by Gasteiger charge is 2.42. The van der Waals surface area contributed by atoms with Crippen molar-refractivity contribution < 1.29 is 22.0 Å². The average Bonchev–Trinajstić information content (AvgIpc) is 2.72. The topological polar surface area (TPSA) is 79.4 Å². The minimum absolute atomic E-state index is 0.00667. The van der Waals surface area contributed by atoms with Crippen LogP contribution in [0.1, 0.15) is 35.8 Å². The zero-order chi connectivity index (χ0) is 21.9. The summed E-state index contributed by atoms with van der Waals surface area (Å²) in [6, 6.07) is 6.52. The third kappa shape index (κ3) is 4.70. The van der Waals surface area contributed by atoms with Gasteiger partial charge in [0.15, 0.2) is 0 Å². The average molecular weight is 502 g/mol. The first kappa shape index (κ1) is 22.8. The number of nitrogens with one attached hydrogen (secondary N) is 1. The lowest BCUT2D eigenvalue weighted by atomic mass is 9.75. The Balaban J connectivity index is 1.85. The quantitative estimate of drug-likeness (QED) is 0.658. The molecule has 1 amide bonds. The van der Waals surface area contributed by atoms with Crippen LogP contribution in [0.2, 0.25) is 0 Å². The van der Waals surface area contributed by atoms with Crippen molar-refractivity contribution in [3.63, 3.8) is 0 Å². The van der Waals surface area contributed by atoms with Crippen LogP contribution in [0.15, 0.2) is 41.0 Å². The van der Waals surface area contributed by atoms with Crippen molar-refractivity contribution in [3.05, 3.63) is 63.9 Å². The summed E-state index contributed by atoms with van der Waals surface area (Å²) in [5, 5.41) is 2.80. The van der Waals surface area contributed by atoms with Crippen LogP contribution in [0, 0.1) is 11.6 Å². The Kier molecular flexibility index (Phi) is 6.88. The van der Waals surface area contributed by atoms with Gasteiger partial charge in [0.25, 0.3) is 5.91 Å². The fraction of sp³-hybridized carbons (Fsp3) is 0.400. The number of carbonyl (C=O) groups is 1. The maximum atomic E-state index is 14.6. The van der Waals surface area contributed by atoms with E-state index < -0.39 is 33.0 Å². The third-order valence-corrected chi connectivity index (χ3v) is 8.00. The van der Waals surface area contributed by atoms with Crippen LogP contribution in [0.5, 0.6) is 0 Å². The molecule has 1 saturated heterocycles. The molecule has 1 aromatic heterocycles. The van der Waals surface area contributed by atoms with Gasteiger partial charge < -0.3 is 5.32 Å². The number of piperidine rings is 1. The molecular formula is C20H22BrF2N3O3S. The van der Waals surface area contributed by atoms with E-state index in [0.29, 0.717) is 17.3 Å². The van der Waals surface area contributed by atoms with Gasteiger partial charge in [0, 0.05) is 35.7 Å². The molecule has 0 spiro atoms. The molecule has 10 heteroatoms. The smallest absolute Gasteiger partial charge is 0.252 e. The number of aromatic nitrogens is 1. The monoisotopic (exact) mass is 501 g/mol. The number of rotatable bonds is 6. The Labute approximate surface area is 182 Å². The Morgan fingerprint density at radius 3 is 2.57 bits per heavy atom. The molecule has 0 saturated carbocycles. The maximum absolute atomic E-state index is 14.6. The van der Waals surface area contributed by atoms with Gasteiger partial charge in [-0.2, -0.15) is 0 Å². The van der Waals surface area contributed by atoms with E-state index in [1.165, 1.54) is 40.8 Å². The molecule has 1 aromatic carbocycles. The number of amides is 1. The highest BCUT2D eigenvalue weighted by Crippen LogP contribution is 2.36. The van der Waals surface area contributed by atoms with Gasteiger partial charge in [0.1, 0.15) is 11.6 Å². The Morgan fingerprint density at radius 2 is 1.97 bits per heavy atom. The zero-order valence-corrected chi connectivity index (χ0v) is 18.8. The Bertz CT molecular complexity index is 1040. The molecule has 1 N–H and O–H groups in total. The second kappa shape index (κ2) is 9.07. The molecule has 3 rings (SSSR count). The molecule has 6 nitrogen and oxygen atoms in total. The van der Waals surface area contributed by atoms with Crippen LogP contribution in [0.4, 0.5) is 8.78 Å².